The van der Waals surface area contributed by atoms with E-state index in [-0.39, 0.29) is 4.91 Å². The molecule has 0 atom stereocenters. The molecule has 6 nitrogen and oxygen atoms in total. The van der Waals surface area contributed by atoms with Gasteiger partial charge in [0.15, 0.2) is 0 Å². The van der Waals surface area contributed by atoms with Gasteiger partial charge in [-0.2, -0.15) is 0 Å². The van der Waals surface area contributed by atoms with Crippen LogP contribution in [0, 0.1) is 0 Å². The van der Waals surface area contributed by atoms with E-state index in [1.807, 2.05) is 0 Å². The number of carbonyl (C=O) groups excluding carboxylic acids is 3. The Labute approximate surface area is 144 Å². The van der Waals surface area contributed by atoms with Crippen molar-refractivity contribution < 1.29 is 23.9 Å². The molecule has 1 heterocycles. The van der Waals surface area contributed by atoms with E-state index >= 15 is 0 Å². The first-order chi connectivity index (χ1) is 11.2. The van der Waals surface area contributed by atoms with Crippen molar-refractivity contribution in [1.82, 2.24) is 4.90 Å². The van der Waals surface area contributed by atoms with Crippen LogP contribution in [0.5, 0.6) is 5.75 Å². The monoisotopic (exact) mass is 349 g/mol. The number of carbonyl (C=O) groups is 3. The molecule has 0 aromatic heterocycles. The lowest BCUT2D eigenvalue weighted by molar-refractivity contribution is -0.156. The molecule has 1 saturated heterocycles. The molecule has 128 valence electrons. The van der Waals surface area contributed by atoms with Gasteiger partial charge in [-0.15, -0.1) is 0 Å². The van der Waals surface area contributed by atoms with E-state index in [0.29, 0.717) is 5.75 Å². The molecule has 2 amide bonds. The Bertz CT molecular complexity index is 705. The summed E-state index contributed by atoms with van der Waals surface area (Å²) in [6.07, 6.45) is 1.60. The Kier molecular flexibility index (Phi) is 5.33. The third-order valence-electron chi connectivity index (χ3n) is 2.97. The van der Waals surface area contributed by atoms with E-state index in [9.17, 15) is 14.4 Å². The number of methoxy groups -OCH3 is 1. The van der Waals surface area contributed by atoms with E-state index < -0.39 is 29.3 Å². The van der Waals surface area contributed by atoms with Crippen LogP contribution in [0.15, 0.2) is 29.2 Å². The number of esters is 1. The van der Waals surface area contributed by atoms with Crippen molar-refractivity contribution in [3.63, 3.8) is 0 Å². The van der Waals surface area contributed by atoms with Crippen LogP contribution >= 0.6 is 11.8 Å². The van der Waals surface area contributed by atoms with Gasteiger partial charge in [-0.3, -0.25) is 19.3 Å². The second-order valence-electron chi connectivity index (χ2n) is 6.13. The van der Waals surface area contributed by atoms with Crippen LogP contribution in [-0.2, 0) is 14.3 Å². The molecule has 0 aliphatic carbocycles. The molecule has 1 fully saturated rings. The summed E-state index contributed by atoms with van der Waals surface area (Å²) in [5.74, 6) is -0.470. The lowest BCUT2D eigenvalue weighted by Gasteiger charge is -2.21. The number of amides is 2. The summed E-state index contributed by atoms with van der Waals surface area (Å²) in [5.41, 5.74) is 0.0621. The summed E-state index contributed by atoms with van der Waals surface area (Å²) in [6, 6.07) is 7.12. The third kappa shape index (κ3) is 4.61. The van der Waals surface area contributed by atoms with E-state index in [0.717, 1.165) is 22.2 Å². The zero-order valence-corrected chi connectivity index (χ0v) is 14.8. The Morgan fingerprint density at radius 1 is 1.29 bits per heavy atom. The fraction of sp³-hybridized carbons (Fsp3) is 0.353. The minimum absolute atomic E-state index is 0.261. The molecule has 1 aliphatic rings. The normalized spacial score (nSPS) is 16.7. The Morgan fingerprint density at radius 2 is 2.00 bits per heavy atom. The smallest absolute Gasteiger partial charge is 0.326 e. The highest BCUT2D eigenvalue weighted by Crippen LogP contribution is 2.32. The molecule has 1 aromatic rings. The molecule has 0 unspecified atom stereocenters. The maximum absolute atomic E-state index is 12.4. The highest BCUT2D eigenvalue weighted by Gasteiger charge is 2.37. The van der Waals surface area contributed by atoms with E-state index in [2.05, 4.69) is 0 Å². The van der Waals surface area contributed by atoms with Crippen LogP contribution in [0.2, 0.25) is 0 Å². The standard InChI is InChI=1S/C17H19NO5S/c1-17(2,3)23-14(19)10-18-15(20)13(24-16(18)21)9-11-6-5-7-12(8-11)22-4/h5-9H,10H2,1-4H3/b13-9-. The van der Waals surface area contributed by atoms with Crippen molar-refractivity contribution in [3.8, 4) is 5.75 Å². The molecule has 1 aliphatic heterocycles. The zero-order chi connectivity index (χ0) is 17.9. The quantitative estimate of drug-likeness (QED) is 0.614. The van der Waals surface area contributed by atoms with E-state index in [1.165, 1.54) is 0 Å². The summed E-state index contributed by atoms with van der Waals surface area (Å²) in [6.45, 7) is 4.78. The first-order valence-corrected chi connectivity index (χ1v) is 8.12. The van der Waals surface area contributed by atoms with Crippen LogP contribution in [-0.4, -0.2) is 41.3 Å². The zero-order valence-electron chi connectivity index (χ0n) is 14.0. The number of hydrogen-bond acceptors (Lipinski definition) is 6. The first kappa shape index (κ1) is 18.1. The van der Waals surface area contributed by atoms with E-state index in [1.54, 1.807) is 58.2 Å². The Balaban J connectivity index is 2.13. The highest BCUT2D eigenvalue weighted by molar-refractivity contribution is 8.18. The molecule has 7 heteroatoms. The molecule has 0 N–H and O–H groups in total. The number of benzene rings is 1. The van der Waals surface area contributed by atoms with Gasteiger partial charge in [0.25, 0.3) is 11.1 Å². The van der Waals surface area contributed by atoms with Gasteiger partial charge in [0.05, 0.1) is 12.0 Å². The maximum Gasteiger partial charge on any atom is 0.326 e. The van der Waals surface area contributed by atoms with Crippen LogP contribution in [0.25, 0.3) is 6.08 Å². The van der Waals surface area contributed by atoms with Crippen molar-refractivity contribution in [2.75, 3.05) is 13.7 Å². The minimum atomic E-state index is -0.671. The molecule has 1 aromatic carbocycles. The van der Waals surface area contributed by atoms with Gasteiger partial charge in [0.2, 0.25) is 0 Å². The molecule has 0 saturated carbocycles. The van der Waals surface area contributed by atoms with Crippen molar-refractivity contribution >= 4 is 35.0 Å². The predicted molar refractivity (Wildman–Crippen MR) is 91.5 cm³/mol. The highest BCUT2D eigenvalue weighted by atomic mass is 32.2. The summed E-state index contributed by atoms with van der Waals surface area (Å²) in [4.78, 5) is 37.4. The SMILES string of the molecule is COc1cccc(/C=C2\SC(=O)N(CC(=O)OC(C)(C)C)C2=O)c1. The lowest BCUT2D eigenvalue weighted by Crippen LogP contribution is -2.37. The summed E-state index contributed by atoms with van der Waals surface area (Å²) < 4.78 is 10.3. The van der Waals surface area contributed by atoms with Crippen molar-refractivity contribution in [2.24, 2.45) is 0 Å². The topological polar surface area (TPSA) is 72.9 Å². The van der Waals surface area contributed by atoms with Crippen molar-refractivity contribution in [1.29, 1.82) is 0 Å². The summed E-state index contributed by atoms with van der Waals surface area (Å²) in [7, 11) is 1.55. The molecule has 0 bridgehead atoms. The van der Waals surface area contributed by atoms with Gasteiger partial charge < -0.3 is 9.47 Å². The lowest BCUT2D eigenvalue weighted by atomic mass is 10.2. The number of nitrogens with zero attached hydrogens (tertiary/aromatic N) is 1. The van der Waals surface area contributed by atoms with Gasteiger partial charge in [-0.1, -0.05) is 12.1 Å². The average molecular weight is 349 g/mol. The van der Waals surface area contributed by atoms with Crippen molar-refractivity contribution in [3.05, 3.63) is 34.7 Å². The second-order valence-corrected chi connectivity index (χ2v) is 7.12. The number of thioether (sulfide) groups is 1. The van der Waals surface area contributed by atoms with Gasteiger partial charge >= 0.3 is 5.97 Å². The third-order valence-corrected chi connectivity index (χ3v) is 3.88. The Morgan fingerprint density at radius 3 is 2.62 bits per heavy atom. The number of ether oxygens (including phenoxy) is 2. The predicted octanol–water partition coefficient (Wildman–Crippen LogP) is 3.07. The van der Waals surface area contributed by atoms with Crippen LogP contribution < -0.4 is 4.74 Å². The summed E-state index contributed by atoms with van der Waals surface area (Å²) in [5, 5.41) is -0.486. The van der Waals surface area contributed by atoms with E-state index in [4.69, 9.17) is 9.47 Å². The first-order valence-electron chi connectivity index (χ1n) is 7.31. The maximum atomic E-state index is 12.4. The Hall–Kier alpha value is -2.28. The molecule has 2 rings (SSSR count). The van der Waals surface area contributed by atoms with Crippen LogP contribution in [0.4, 0.5) is 4.79 Å². The fourth-order valence-electron chi connectivity index (χ4n) is 2.02. The van der Waals surface area contributed by atoms with Gasteiger partial charge in [0, 0.05) is 0 Å². The van der Waals surface area contributed by atoms with Crippen LogP contribution in [0.1, 0.15) is 26.3 Å². The summed E-state index contributed by atoms with van der Waals surface area (Å²) >= 11 is 0.800. The molecule has 0 radical (unpaired) electrons. The van der Waals surface area contributed by atoms with Gasteiger partial charge in [-0.05, 0) is 56.3 Å². The second kappa shape index (κ2) is 7.09. The number of hydrogen-bond donors (Lipinski definition) is 0. The van der Waals surface area contributed by atoms with Crippen LogP contribution in [0.3, 0.4) is 0 Å². The molecular formula is C17H19NO5S. The minimum Gasteiger partial charge on any atom is -0.497 e. The largest absolute Gasteiger partial charge is 0.497 e. The number of rotatable bonds is 4. The molecular weight excluding hydrogens is 330 g/mol. The fourth-order valence-corrected chi connectivity index (χ4v) is 2.86. The number of imide groups is 1. The van der Waals surface area contributed by atoms with Crippen molar-refractivity contribution in [2.45, 2.75) is 26.4 Å². The molecule has 24 heavy (non-hydrogen) atoms. The molecule has 0 spiro atoms. The van der Waals surface area contributed by atoms with Gasteiger partial charge in [0.1, 0.15) is 17.9 Å². The average Bonchev–Trinajstić information content (AvgIpc) is 2.73. The van der Waals surface area contributed by atoms with Gasteiger partial charge in [-0.25, -0.2) is 0 Å².